The molecule has 0 spiro atoms. The first kappa shape index (κ1) is 16.8. The molecule has 0 aliphatic carbocycles. The summed E-state index contributed by atoms with van der Waals surface area (Å²) in [5.41, 5.74) is -0.0341. The van der Waals surface area contributed by atoms with E-state index >= 15 is 0 Å². The Bertz CT molecular complexity index is 1560. The van der Waals surface area contributed by atoms with Crippen molar-refractivity contribution in [2.45, 2.75) is 0 Å². The number of benzene rings is 1. The van der Waals surface area contributed by atoms with Gasteiger partial charge in [0.15, 0.2) is 11.5 Å². The normalized spacial score (nSPS) is 11.2. The van der Waals surface area contributed by atoms with E-state index in [9.17, 15) is 14.4 Å². The Balaban J connectivity index is 2.00. The van der Waals surface area contributed by atoms with Crippen molar-refractivity contribution in [2.24, 2.45) is 0 Å². The molecule has 0 aliphatic heterocycles. The van der Waals surface area contributed by atoms with Crippen LogP contribution in [0.5, 0.6) is 0 Å². The van der Waals surface area contributed by atoms with Crippen molar-refractivity contribution in [3.05, 3.63) is 110 Å². The third-order valence-corrected chi connectivity index (χ3v) is 4.65. The van der Waals surface area contributed by atoms with Crippen LogP contribution in [0.2, 0.25) is 0 Å². The fraction of sp³-hybridized carbons (Fsp3) is 0. The van der Waals surface area contributed by atoms with E-state index in [1.807, 2.05) is 18.2 Å². The van der Waals surface area contributed by atoms with Gasteiger partial charge in [0.25, 0.3) is 16.7 Å². The topological polar surface area (TPSA) is 91.3 Å². The van der Waals surface area contributed by atoms with Gasteiger partial charge < -0.3 is 0 Å². The molecule has 5 rings (SSSR count). The minimum Gasteiger partial charge on any atom is -0.299 e. The van der Waals surface area contributed by atoms with E-state index in [-0.39, 0.29) is 17.1 Å². The minimum atomic E-state index is -0.432. The highest BCUT2D eigenvalue weighted by molar-refractivity contribution is 5.81. The van der Waals surface area contributed by atoms with Gasteiger partial charge >= 0.3 is 0 Å². The third-order valence-electron chi connectivity index (χ3n) is 4.65. The molecule has 1 aromatic carbocycles. The number of aromatic nitrogens is 5. The lowest BCUT2D eigenvalue weighted by Gasteiger charge is -2.15. The number of hydrogen-bond donors (Lipinski definition) is 0. The molecule has 0 N–H and O–H groups in total. The first-order chi connectivity index (χ1) is 14.1. The lowest BCUT2D eigenvalue weighted by Crippen LogP contribution is -2.28. The highest BCUT2D eigenvalue weighted by Gasteiger charge is 2.18. The Hall–Kier alpha value is -4.33. The van der Waals surface area contributed by atoms with Gasteiger partial charge in [0, 0.05) is 24.5 Å². The molecule has 0 saturated heterocycles. The molecule has 140 valence electrons. The summed E-state index contributed by atoms with van der Waals surface area (Å²) >= 11 is 0. The Morgan fingerprint density at radius 3 is 2.45 bits per heavy atom. The van der Waals surface area contributed by atoms with Crippen LogP contribution in [-0.4, -0.2) is 23.5 Å². The Morgan fingerprint density at radius 1 is 0.793 bits per heavy atom. The molecule has 4 aromatic heterocycles. The zero-order valence-electron chi connectivity index (χ0n) is 15.0. The van der Waals surface area contributed by atoms with Crippen LogP contribution in [0.25, 0.3) is 28.1 Å². The first-order valence-corrected chi connectivity index (χ1v) is 8.81. The zero-order valence-corrected chi connectivity index (χ0v) is 15.0. The van der Waals surface area contributed by atoms with Crippen LogP contribution in [-0.2, 0) is 0 Å². The van der Waals surface area contributed by atoms with E-state index in [0.29, 0.717) is 11.2 Å². The average molecular weight is 383 g/mol. The van der Waals surface area contributed by atoms with Gasteiger partial charge in [0.2, 0.25) is 0 Å². The van der Waals surface area contributed by atoms with Gasteiger partial charge in [-0.25, -0.2) is 4.98 Å². The van der Waals surface area contributed by atoms with E-state index in [1.54, 1.807) is 36.5 Å². The summed E-state index contributed by atoms with van der Waals surface area (Å²) in [7, 11) is 0. The fourth-order valence-electron chi connectivity index (χ4n) is 3.33. The molecule has 0 radical (unpaired) electrons. The van der Waals surface area contributed by atoms with Gasteiger partial charge in [-0.1, -0.05) is 24.3 Å². The molecule has 0 unspecified atom stereocenters. The predicted octanol–water partition coefficient (Wildman–Crippen LogP) is 1.54. The molecule has 5 aromatic rings. The van der Waals surface area contributed by atoms with Gasteiger partial charge in [0.05, 0.1) is 5.52 Å². The molecule has 8 heteroatoms. The summed E-state index contributed by atoms with van der Waals surface area (Å²) in [6, 6.07) is 16.9. The molecule has 8 nitrogen and oxygen atoms in total. The van der Waals surface area contributed by atoms with Crippen LogP contribution in [0.3, 0.4) is 0 Å². The van der Waals surface area contributed by atoms with Crippen molar-refractivity contribution < 1.29 is 0 Å². The maximum Gasteiger partial charge on any atom is 0.284 e. The highest BCUT2D eigenvalue weighted by Crippen LogP contribution is 2.19. The van der Waals surface area contributed by atoms with Gasteiger partial charge in [-0.2, -0.15) is 4.98 Å². The average Bonchev–Trinajstić information content (AvgIpc) is 2.75. The van der Waals surface area contributed by atoms with Gasteiger partial charge in [-0.15, -0.1) is 0 Å². The predicted molar refractivity (Wildman–Crippen MR) is 108 cm³/mol. The summed E-state index contributed by atoms with van der Waals surface area (Å²) in [5, 5.41) is 0.825. The second-order valence-corrected chi connectivity index (χ2v) is 6.39. The molecule has 29 heavy (non-hydrogen) atoms. The van der Waals surface area contributed by atoms with Crippen LogP contribution in [0.15, 0.2) is 93.8 Å². The molecule has 0 fully saturated rings. The molecule has 0 atom stereocenters. The zero-order chi connectivity index (χ0) is 20.0. The summed E-state index contributed by atoms with van der Waals surface area (Å²) in [4.78, 5) is 46.0. The first-order valence-electron chi connectivity index (χ1n) is 8.81. The monoisotopic (exact) mass is 383 g/mol. The summed E-state index contributed by atoms with van der Waals surface area (Å²) in [6.45, 7) is 0. The van der Waals surface area contributed by atoms with Crippen LogP contribution in [0.1, 0.15) is 0 Å². The second kappa shape index (κ2) is 6.38. The van der Waals surface area contributed by atoms with E-state index in [2.05, 4.69) is 9.97 Å². The van der Waals surface area contributed by atoms with Crippen molar-refractivity contribution in [1.82, 2.24) is 23.5 Å². The second-order valence-electron chi connectivity index (χ2n) is 6.39. The lowest BCUT2D eigenvalue weighted by atomic mass is 10.2. The quantitative estimate of drug-likeness (QED) is 0.461. The van der Waals surface area contributed by atoms with Crippen molar-refractivity contribution in [2.75, 3.05) is 0 Å². The van der Waals surface area contributed by atoms with Gasteiger partial charge in [0.1, 0.15) is 12.0 Å². The molecule has 0 amide bonds. The number of para-hydroxylation sites is 1. The molecule has 0 aliphatic rings. The van der Waals surface area contributed by atoms with Crippen LogP contribution in [0, 0.1) is 0 Å². The fourth-order valence-corrected chi connectivity index (χ4v) is 3.33. The Morgan fingerprint density at radius 2 is 1.62 bits per heavy atom. The molecule has 0 saturated carbocycles. The Kier molecular flexibility index (Phi) is 3.70. The van der Waals surface area contributed by atoms with Crippen LogP contribution >= 0.6 is 0 Å². The minimum absolute atomic E-state index is 0.111. The van der Waals surface area contributed by atoms with Crippen molar-refractivity contribution in [1.29, 1.82) is 0 Å². The Labute approximate surface area is 162 Å². The van der Waals surface area contributed by atoms with Gasteiger partial charge in [-0.3, -0.25) is 27.9 Å². The lowest BCUT2D eigenvalue weighted by molar-refractivity contribution is 0.867. The molecule has 4 heterocycles. The number of fused-ring (bicyclic) bond motifs is 2. The van der Waals surface area contributed by atoms with Gasteiger partial charge in [-0.05, 0) is 29.7 Å². The van der Waals surface area contributed by atoms with Crippen LogP contribution < -0.4 is 16.7 Å². The summed E-state index contributed by atoms with van der Waals surface area (Å²) in [6.07, 6.45) is 4.28. The van der Waals surface area contributed by atoms with Crippen LogP contribution in [0.4, 0.5) is 0 Å². The van der Waals surface area contributed by atoms with E-state index in [0.717, 1.165) is 5.39 Å². The largest absolute Gasteiger partial charge is 0.299 e. The van der Waals surface area contributed by atoms with E-state index in [4.69, 9.17) is 0 Å². The summed E-state index contributed by atoms with van der Waals surface area (Å²) in [5.74, 6) is 0.161. The van der Waals surface area contributed by atoms with Crippen molar-refractivity contribution in [3.8, 4) is 11.5 Å². The number of pyridine rings is 2. The SMILES string of the molecule is O=c1ccn(-c2c(-n3c(=O)ccc4ccccc43)nc3ccccn3c2=O)cn1. The maximum atomic E-state index is 13.3. The molecule has 0 bridgehead atoms. The third kappa shape index (κ3) is 2.66. The van der Waals surface area contributed by atoms with E-state index in [1.165, 1.54) is 38.2 Å². The number of hydrogen-bond acceptors (Lipinski definition) is 5. The van der Waals surface area contributed by atoms with Crippen molar-refractivity contribution >= 4 is 16.6 Å². The summed E-state index contributed by atoms with van der Waals surface area (Å²) < 4.78 is 4.18. The maximum absolute atomic E-state index is 13.3. The smallest absolute Gasteiger partial charge is 0.284 e. The highest BCUT2D eigenvalue weighted by atomic mass is 16.1. The van der Waals surface area contributed by atoms with E-state index < -0.39 is 11.1 Å². The van der Waals surface area contributed by atoms with Crippen molar-refractivity contribution in [3.63, 3.8) is 0 Å². The standard InChI is InChI=1S/C21H13N5O3/c27-17-10-12-24(13-22-17)19-20(23-16-7-3-4-11-25(16)21(19)29)26-15-6-2-1-5-14(15)8-9-18(26)28/h1-13H. The number of nitrogens with zero attached hydrogens (tertiary/aromatic N) is 5. The molecular formula is C21H13N5O3. The molecular weight excluding hydrogens is 370 g/mol. The number of rotatable bonds is 2.